The molecule has 1 atom stereocenters. The Hall–Kier alpha value is -3.27. The molecule has 2 aromatic rings. The molecule has 2 aliphatic rings. The Morgan fingerprint density at radius 1 is 1.28 bits per heavy atom. The number of hydrogen-bond donors (Lipinski definition) is 0. The molecule has 1 aromatic heterocycles. The summed E-state index contributed by atoms with van der Waals surface area (Å²) in [7, 11) is 0. The normalized spacial score (nSPS) is 18.8. The van der Waals surface area contributed by atoms with Crippen LogP contribution in [0.5, 0.6) is 17.4 Å². The quantitative estimate of drug-likeness (QED) is 0.841. The summed E-state index contributed by atoms with van der Waals surface area (Å²) in [6.45, 7) is 1.11. The number of nitrogens with zero attached hydrogens (tertiary/aromatic N) is 3. The summed E-state index contributed by atoms with van der Waals surface area (Å²) in [6, 6.07) is 12.5. The van der Waals surface area contributed by atoms with E-state index in [0.29, 0.717) is 36.0 Å². The summed E-state index contributed by atoms with van der Waals surface area (Å²) < 4.78 is 17.0. The molecule has 2 aliphatic heterocycles. The average Bonchev–Trinajstić information content (AvgIpc) is 2.63. The fourth-order valence-corrected chi connectivity index (χ4v) is 2.75. The van der Waals surface area contributed by atoms with Gasteiger partial charge in [-0.2, -0.15) is 5.26 Å². The lowest BCUT2D eigenvalue weighted by atomic mass is 10.1. The van der Waals surface area contributed by atoms with Gasteiger partial charge in [-0.3, -0.25) is 4.79 Å². The van der Waals surface area contributed by atoms with Crippen LogP contribution in [-0.4, -0.2) is 47.7 Å². The second kappa shape index (κ2) is 6.32. The van der Waals surface area contributed by atoms with Crippen molar-refractivity contribution in [3.63, 3.8) is 0 Å². The molecule has 1 saturated heterocycles. The van der Waals surface area contributed by atoms with Gasteiger partial charge in [0, 0.05) is 12.3 Å². The Morgan fingerprint density at radius 3 is 2.88 bits per heavy atom. The first-order valence-electron chi connectivity index (χ1n) is 7.93. The number of para-hydroxylation sites is 2. The van der Waals surface area contributed by atoms with E-state index in [0.717, 1.165) is 0 Å². The minimum Gasteiger partial charge on any atom is -0.485 e. The fourth-order valence-electron chi connectivity index (χ4n) is 2.75. The minimum absolute atomic E-state index is 0.118. The molecule has 4 rings (SSSR count). The Morgan fingerprint density at radius 2 is 2.08 bits per heavy atom. The third-order valence-electron chi connectivity index (χ3n) is 4.10. The van der Waals surface area contributed by atoms with Crippen molar-refractivity contribution in [2.75, 3.05) is 19.7 Å². The molecule has 7 nitrogen and oxygen atoms in total. The van der Waals surface area contributed by atoms with E-state index in [1.54, 1.807) is 23.1 Å². The van der Waals surface area contributed by atoms with Gasteiger partial charge in [0.25, 0.3) is 5.91 Å². The highest BCUT2D eigenvalue weighted by Crippen LogP contribution is 2.31. The molecule has 0 spiro atoms. The van der Waals surface area contributed by atoms with Crippen LogP contribution < -0.4 is 14.2 Å². The Labute approximate surface area is 144 Å². The Balaban J connectivity index is 1.32. The summed E-state index contributed by atoms with van der Waals surface area (Å²) in [5, 5.41) is 8.88. The molecule has 7 heteroatoms. The number of likely N-dealkylation sites (tertiary alicyclic amines) is 1. The standard InChI is InChI=1S/C18H15N3O4/c19-8-12-5-6-20-17(7-12)24-13-9-21(10-13)18(22)16-11-23-14-3-1-2-4-15(14)25-16/h1-7,13,16H,9-11H2. The van der Waals surface area contributed by atoms with Crippen molar-refractivity contribution >= 4 is 5.91 Å². The Bertz CT molecular complexity index is 842. The first-order chi connectivity index (χ1) is 12.2. The maximum absolute atomic E-state index is 12.5. The van der Waals surface area contributed by atoms with Gasteiger partial charge in [-0.1, -0.05) is 12.1 Å². The molecule has 0 saturated carbocycles. The molecule has 1 fully saturated rings. The molecule has 0 N–H and O–H groups in total. The maximum atomic E-state index is 12.5. The monoisotopic (exact) mass is 337 g/mol. The third-order valence-corrected chi connectivity index (χ3v) is 4.10. The van der Waals surface area contributed by atoms with E-state index in [4.69, 9.17) is 19.5 Å². The topological polar surface area (TPSA) is 84.7 Å². The summed E-state index contributed by atoms with van der Waals surface area (Å²) in [5.74, 6) is 1.51. The number of fused-ring (bicyclic) bond motifs is 1. The van der Waals surface area contributed by atoms with Crippen molar-refractivity contribution in [2.45, 2.75) is 12.2 Å². The largest absolute Gasteiger partial charge is 0.485 e. The highest BCUT2D eigenvalue weighted by molar-refractivity contribution is 5.82. The summed E-state index contributed by atoms with van der Waals surface area (Å²) in [6.07, 6.45) is 0.748. The molecular weight excluding hydrogens is 322 g/mol. The predicted octanol–water partition coefficient (Wildman–Crippen LogP) is 1.38. The van der Waals surface area contributed by atoms with Crippen molar-refractivity contribution in [1.29, 1.82) is 5.26 Å². The molecule has 0 bridgehead atoms. The number of nitriles is 1. The van der Waals surface area contributed by atoms with Gasteiger partial charge in [0.2, 0.25) is 12.0 Å². The zero-order chi connectivity index (χ0) is 17.2. The molecule has 0 radical (unpaired) electrons. The van der Waals surface area contributed by atoms with Crippen molar-refractivity contribution in [1.82, 2.24) is 9.88 Å². The van der Waals surface area contributed by atoms with Gasteiger partial charge in [-0.15, -0.1) is 0 Å². The van der Waals surface area contributed by atoms with Crippen LogP contribution in [0.2, 0.25) is 0 Å². The maximum Gasteiger partial charge on any atom is 0.267 e. The SMILES string of the molecule is N#Cc1ccnc(OC2CN(C(=O)C3COc4ccccc4O3)C2)c1. The van der Waals surface area contributed by atoms with Gasteiger partial charge in [0.05, 0.1) is 24.7 Å². The van der Waals surface area contributed by atoms with Gasteiger partial charge in [-0.05, 0) is 18.2 Å². The van der Waals surface area contributed by atoms with Crippen LogP contribution in [0, 0.1) is 11.3 Å². The fraction of sp³-hybridized carbons (Fsp3) is 0.278. The molecular formula is C18H15N3O4. The molecule has 3 heterocycles. The zero-order valence-corrected chi connectivity index (χ0v) is 13.3. The number of pyridine rings is 1. The second-order valence-corrected chi connectivity index (χ2v) is 5.84. The number of rotatable bonds is 3. The molecule has 1 amide bonds. The lowest BCUT2D eigenvalue weighted by molar-refractivity contribution is -0.150. The van der Waals surface area contributed by atoms with E-state index < -0.39 is 6.10 Å². The molecule has 126 valence electrons. The lowest BCUT2D eigenvalue weighted by Gasteiger charge is -2.40. The first kappa shape index (κ1) is 15.3. The number of carbonyl (C=O) groups excluding carboxylic acids is 1. The number of hydrogen-bond acceptors (Lipinski definition) is 6. The lowest BCUT2D eigenvalue weighted by Crippen LogP contribution is -2.60. The van der Waals surface area contributed by atoms with E-state index in [2.05, 4.69) is 4.98 Å². The smallest absolute Gasteiger partial charge is 0.267 e. The van der Waals surface area contributed by atoms with Crippen LogP contribution >= 0.6 is 0 Å². The Kier molecular flexibility index (Phi) is 3.86. The van der Waals surface area contributed by atoms with Gasteiger partial charge >= 0.3 is 0 Å². The van der Waals surface area contributed by atoms with Crippen LogP contribution in [0.1, 0.15) is 5.56 Å². The highest BCUT2D eigenvalue weighted by atomic mass is 16.6. The average molecular weight is 337 g/mol. The van der Waals surface area contributed by atoms with E-state index in [-0.39, 0.29) is 18.6 Å². The number of benzene rings is 1. The number of amides is 1. The van der Waals surface area contributed by atoms with Crippen LogP contribution in [0.15, 0.2) is 42.6 Å². The van der Waals surface area contributed by atoms with Crippen LogP contribution in [0.4, 0.5) is 0 Å². The van der Waals surface area contributed by atoms with E-state index in [9.17, 15) is 4.79 Å². The minimum atomic E-state index is -0.643. The van der Waals surface area contributed by atoms with Crippen LogP contribution in [0.25, 0.3) is 0 Å². The number of aromatic nitrogens is 1. The predicted molar refractivity (Wildman–Crippen MR) is 86.3 cm³/mol. The first-order valence-corrected chi connectivity index (χ1v) is 7.93. The van der Waals surface area contributed by atoms with E-state index in [1.807, 2.05) is 24.3 Å². The zero-order valence-electron chi connectivity index (χ0n) is 13.3. The van der Waals surface area contributed by atoms with Crippen molar-refractivity contribution < 1.29 is 19.0 Å². The van der Waals surface area contributed by atoms with Crippen molar-refractivity contribution in [2.24, 2.45) is 0 Å². The molecule has 1 aromatic carbocycles. The highest BCUT2D eigenvalue weighted by Gasteiger charge is 2.38. The second-order valence-electron chi connectivity index (χ2n) is 5.84. The van der Waals surface area contributed by atoms with E-state index >= 15 is 0 Å². The number of ether oxygens (including phenoxy) is 3. The van der Waals surface area contributed by atoms with Crippen molar-refractivity contribution in [3.05, 3.63) is 48.2 Å². The van der Waals surface area contributed by atoms with Gasteiger partial charge < -0.3 is 19.1 Å². The summed E-state index contributed by atoms with van der Waals surface area (Å²) >= 11 is 0. The van der Waals surface area contributed by atoms with Crippen molar-refractivity contribution in [3.8, 4) is 23.4 Å². The number of carbonyl (C=O) groups is 1. The summed E-state index contributed by atoms with van der Waals surface area (Å²) in [5.41, 5.74) is 0.490. The van der Waals surface area contributed by atoms with E-state index in [1.165, 1.54) is 6.20 Å². The van der Waals surface area contributed by atoms with Gasteiger partial charge in [0.1, 0.15) is 12.7 Å². The van der Waals surface area contributed by atoms with Gasteiger partial charge in [0.15, 0.2) is 11.5 Å². The van der Waals surface area contributed by atoms with Crippen LogP contribution in [0.3, 0.4) is 0 Å². The summed E-state index contributed by atoms with van der Waals surface area (Å²) in [4.78, 5) is 18.2. The van der Waals surface area contributed by atoms with Gasteiger partial charge in [-0.25, -0.2) is 4.98 Å². The molecule has 0 aliphatic carbocycles. The van der Waals surface area contributed by atoms with Crippen LogP contribution in [-0.2, 0) is 4.79 Å². The molecule has 1 unspecified atom stereocenters. The molecule has 25 heavy (non-hydrogen) atoms. The third kappa shape index (κ3) is 3.06.